The minimum absolute atomic E-state index is 0.0463. The average Bonchev–Trinajstić information content (AvgIpc) is 2.64. The third-order valence-electron chi connectivity index (χ3n) is 3.65. The summed E-state index contributed by atoms with van der Waals surface area (Å²) < 4.78 is 49.6. The smallest absolute Gasteiger partial charge is 0.430 e. The van der Waals surface area contributed by atoms with Crippen molar-refractivity contribution >= 4 is 28.0 Å². The Bertz CT molecular complexity index is 729. The largest absolute Gasteiger partial charge is 0.475 e. The third-order valence-corrected chi connectivity index (χ3v) is 4.11. The molecule has 2 heterocycles. The third kappa shape index (κ3) is 7.22. The average molecular weight is 489 g/mol. The number of aliphatic hydroxyl groups is 1. The Labute approximate surface area is 172 Å². The van der Waals surface area contributed by atoms with E-state index in [0.29, 0.717) is 15.6 Å². The highest BCUT2D eigenvalue weighted by molar-refractivity contribution is 9.10. The van der Waals surface area contributed by atoms with Crippen molar-refractivity contribution in [2.75, 3.05) is 19.9 Å². The molecule has 3 rings (SSSR count). The molecule has 0 aliphatic carbocycles. The van der Waals surface area contributed by atoms with Crippen molar-refractivity contribution in [2.45, 2.75) is 25.3 Å². The van der Waals surface area contributed by atoms with Crippen molar-refractivity contribution in [3.63, 3.8) is 0 Å². The number of esters is 1. The zero-order chi connectivity index (χ0) is 22.2. The number of nitrogens with two attached hydrogens (primary N) is 1. The van der Waals surface area contributed by atoms with Gasteiger partial charge in [0.25, 0.3) is 0 Å². The van der Waals surface area contributed by atoms with Gasteiger partial charge in [-0.15, -0.1) is 0 Å². The maximum atomic E-state index is 13.1. The van der Waals surface area contributed by atoms with Crippen LogP contribution in [0.3, 0.4) is 0 Å². The molecule has 0 aromatic heterocycles. The van der Waals surface area contributed by atoms with Crippen LogP contribution >= 0.6 is 15.9 Å². The summed E-state index contributed by atoms with van der Waals surface area (Å²) in [5.41, 5.74) is 0.176. The number of quaternary nitrogens is 1. The van der Waals surface area contributed by atoms with Gasteiger partial charge in [-0.3, -0.25) is 4.84 Å². The van der Waals surface area contributed by atoms with Gasteiger partial charge in [-0.1, -0.05) is 15.9 Å². The van der Waals surface area contributed by atoms with E-state index in [0.717, 1.165) is 19.2 Å². The Balaban J connectivity index is 0.000000512. The molecule has 1 unspecified atom stereocenters. The predicted octanol–water partition coefficient (Wildman–Crippen LogP) is 0.423. The standard InChI is InChI=1S/C13H11BrF3NO4.C3H7NO.H4NO/c1-6-2-8(14)3-7-4-9(12(19)20-5-21-18)11(13(15,16)17)22-10(6)7;5-3-1-4-2-3;1-2/h2-4,11H,5,18H2,1H3;3-5H,1-2H2;2H,1H3/q;;+1. The van der Waals surface area contributed by atoms with Crippen LogP contribution in [0, 0.1) is 6.92 Å². The van der Waals surface area contributed by atoms with E-state index in [-0.39, 0.29) is 11.9 Å². The van der Waals surface area contributed by atoms with E-state index in [9.17, 15) is 18.0 Å². The van der Waals surface area contributed by atoms with E-state index in [2.05, 4.69) is 42.6 Å². The monoisotopic (exact) mass is 488 g/mol. The molecule has 0 saturated carbocycles. The molecule has 13 heteroatoms. The number of ether oxygens (including phenoxy) is 2. The lowest BCUT2D eigenvalue weighted by atomic mass is 9.99. The second-order valence-electron chi connectivity index (χ2n) is 5.81. The number of carbonyl (C=O) groups is 1. The predicted molar refractivity (Wildman–Crippen MR) is 97.1 cm³/mol. The Morgan fingerprint density at radius 3 is 2.45 bits per heavy atom. The van der Waals surface area contributed by atoms with Crippen molar-refractivity contribution in [3.05, 3.63) is 33.3 Å². The number of hydrogen-bond donors (Lipinski definition) is 5. The molecule has 164 valence electrons. The first-order valence-corrected chi connectivity index (χ1v) is 8.87. The van der Waals surface area contributed by atoms with E-state index in [4.69, 9.17) is 15.1 Å². The Morgan fingerprint density at radius 1 is 1.41 bits per heavy atom. The van der Waals surface area contributed by atoms with E-state index < -0.39 is 30.6 Å². The van der Waals surface area contributed by atoms with Gasteiger partial charge in [-0.05, 0) is 30.7 Å². The van der Waals surface area contributed by atoms with Crippen LogP contribution in [0.5, 0.6) is 5.75 Å². The normalized spacial score (nSPS) is 17.8. The first-order chi connectivity index (χ1) is 13.6. The second-order valence-corrected chi connectivity index (χ2v) is 6.72. The molecule has 1 aromatic carbocycles. The SMILES string of the molecule is Cc1cc(Br)cc2c1OC(C(F)(F)F)C(C(=O)OCON)=C2.OC1CNC1.[NH3+]O. The number of rotatable bonds is 3. The van der Waals surface area contributed by atoms with E-state index in [1.165, 1.54) is 0 Å². The van der Waals surface area contributed by atoms with E-state index in [1.807, 2.05) is 0 Å². The van der Waals surface area contributed by atoms with Crippen molar-refractivity contribution < 1.29 is 48.5 Å². The van der Waals surface area contributed by atoms with Crippen LogP contribution in [-0.4, -0.2) is 54.5 Å². The Morgan fingerprint density at radius 2 is 2.00 bits per heavy atom. The molecule has 2 aliphatic rings. The molecule has 9 nitrogen and oxygen atoms in total. The maximum Gasteiger partial charge on any atom is 0.430 e. The molecule has 0 spiro atoms. The van der Waals surface area contributed by atoms with Crippen molar-refractivity contribution in [3.8, 4) is 5.75 Å². The Kier molecular flexibility index (Phi) is 9.98. The summed E-state index contributed by atoms with van der Waals surface area (Å²) in [7, 11) is 0. The van der Waals surface area contributed by atoms with Gasteiger partial charge in [0.1, 0.15) is 5.75 Å². The molecule has 1 fully saturated rings. The highest BCUT2D eigenvalue weighted by atomic mass is 79.9. The summed E-state index contributed by atoms with van der Waals surface area (Å²) in [5, 5.41) is 18.0. The topological polar surface area (TPSA) is 151 Å². The highest BCUT2D eigenvalue weighted by Gasteiger charge is 2.49. The van der Waals surface area contributed by atoms with E-state index >= 15 is 0 Å². The molecule has 1 saturated heterocycles. The first kappa shape index (κ1) is 25.3. The van der Waals surface area contributed by atoms with E-state index in [1.54, 1.807) is 19.1 Å². The quantitative estimate of drug-likeness (QED) is 0.233. The minimum atomic E-state index is -4.77. The van der Waals surface area contributed by atoms with Gasteiger partial charge in [0.05, 0.1) is 11.7 Å². The van der Waals surface area contributed by atoms with Gasteiger partial charge in [0.15, 0.2) is 0 Å². The molecule has 29 heavy (non-hydrogen) atoms. The van der Waals surface area contributed by atoms with Crippen LogP contribution in [0.4, 0.5) is 13.2 Å². The molecular weight excluding hydrogens is 467 g/mol. The lowest BCUT2D eigenvalue weighted by Crippen LogP contribution is -2.46. The van der Waals surface area contributed by atoms with Gasteiger partial charge >= 0.3 is 12.1 Å². The lowest BCUT2D eigenvalue weighted by molar-refractivity contribution is -0.670. The van der Waals surface area contributed by atoms with Gasteiger partial charge in [0.2, 0.25) is 12.9 Å². The zero-order valence-electron chi connectivity index (χ0n) is 15.3. The van der Waals surface area contributed by atoms with Crippen molar-refractivity contribution in [2.24, 2.45) is 5.90 Å². The number of alkyl halides is 3. The van der Waals surface area contributed by atoms with Crippen LogP contribution in [0.15, 0.2) is 22.2 Å². The molecule has 8 N–H and O–H groups in total. The number of aliphatic hydroxyl groups excluding tert-OH is 1. The molecule has 2 aliphatic heterocycles. The number of carbonyl (C=O) groups excluding carboxylic acids is 1. The second kappa shape index (κ2) is 11.4. The number of β-amino-alcohol motifs (C(OH)–C–C–N with tert-alkyl or cyclic N) is 1. The number of aryl methyl sites for hydroxylation is 1. The van der Waals surface area contributed by atoms with Gasteiger partial charge in [-0.2, -0.15) is 13.2 Å². The summed E-state index contributed by atoms with van der Waals surface area (Å²) in [4.78, 5) is 15.8. The first-order valence-electron chi connectivity index (χ1n) is 8.07. The fourth-order valence-corrected chi connectivity index (χ4v) is 2.89. The lowest BCUT2D eigenvalue weighted by Gasteiger charge is -2.28. The number of halogens is 4. The van der Waals surface area contributed by atoms with Crippen LogP contribution in [0.2, 0.25) is 0 Å². The number of benzene rings is 1. The number of hydrogen-bond acceptors (Lipinski definition) is 8. The molecule has 0 radical (unpaired) electrons. The molecule has 0 amide bonds. The van der Waals surface area contributed by atoms with Crippen LogP contribution in [0.1, 0.15) is 11.1 Å². The summed E-state index contributed by atoms with van der Waals surface area (Å²) in [5.74, 6) is 5.79. The van der Waals surface area contributed by atoms with Crippen molar-refractivity contribution in [1.82, 2.24) is 5.32 Å². The highest BCUT2D eigenvalue weighted by Crippen LogP contribution is 2.40. The van der Waals surface area contributed by atoms with Gasteiger partial charge < -0.3 is 19.9 Å². The maximum absolute atomic E-state index is 13.1. The number of nitrogens with one attached hydrogen (secondary N) is 1. The minimum Gasteiger partial charge on any atom is -0.475 e. The summed E-state index contributed by atoms with van der Waals surface area (Å²) in [6, 6.07) is 3.16. The molecule has 1 aromatic rings. The van der Waals surface area contributed by atoms with Gasteiger partial charge in [0, 0.05) is 23.1 Å². The fraction of sp³-hybridized carbons (Fsp3) is 0.438. The summed E-state index contributed by atoms with van der Waals surface area (Å²) in [6.07, 6.45) is -6.14. The summed E-state index contributed by atoms with van der Waals surface area (Å²) >= 11 is 3.23. The molecule has 0 bridgehead atoms. The Hall–Kier alpha value is -1.74. The summed E-state index contributed by atoms with van der Waals surface area (Å²) in [6.45, 7) is 2.53. The zero-order valence-corrected chi connectivity index (χ0v) is 16.9. The molecular formula is C16H22BrF3N3O6+. The van der Waals surface area contributed by atoms with Crippen LogP contribution in [-0.2, 0) is 14.4 Å². The van der Waals surface area contributed by atoms with Crippen LogP contribution in [0.25, 0.3) is 6.08 Å². The fourth-order valence-electron chi connectivity index (χ4n) is 2.30. The van der Waals surface area contributed by atoms with Crippen molar-refractivity contribution in [1.29, 1.82) is 0 Å². The van der Waals surface area contributed by atoms with Gasteiger partial charge in [-0.25, -0.2) is 21.8 Å². The molecule has 1 atom stereocenters. The van der Waals surface area contributed by atoms with Crippen LogP contribution < -0.4 is 21.8 Å². The number of fused-ring (bicyclic) bond motifs is 1.